The first-order chi connectivity index (χ1) is 13.3. The molecule has 12 heteroatoms. The lowest BCUT2D eigenvalue weighted by Crippen LogP contribution is -2.58. The molecule has 0 aliphatic rings. The van der Waals surface area contributed by atoms with Crippen LogP contribution in [0.1, 0.15) is 18.3 Å². The highest BCUT2D eigenvalue weighted by Gasteiger charge is 2.31. The second-order valence-corrected chi connectivity index (χ2v) is 6.29. The van der Waals surface area contributed by atoms with Gasteiger partial charge in [-0.3, -0.25) is 9.59 Å². The first kappa shape index (κ1) is 21.1. The number of imidazole rings is 2. The van der Waals surface area contributed by atoms with Crippen molar-refractivity contribution in [2.75, 3.05) is 0 Å². The van der Waals surface area contributed by atoms with Crippen LogP contribution in [0, 0.1) is 0 Å². The van der Waals surface area contributed by atoms with Gasteiger partial charge in [0.15, 0.2) is 0 Å². The summed E-state index contributed by atoms with van der Waals surface area (Å²) in [6, 6.07) is -3.64. The number of nitrogens with two attached hydrogens (primary N) is 1. The summed E-state index contributed by atoms with van der Waals surface area (Å²) in [6.07, 6.45) is 4.61. The number of aromatic amines is 2. The molecule has 2 aromatic rings. The van der Waals surface area contributed by atoms with Crippen LogP contribution in [0.3, 0.4) is 0 Å². The molecule has 0 saturated heterocycles. The summed E-state index contributed by atoms with van der Waals surface area (Å²) in [5.41, 5.74) is 6.96. The number of rotatable bonds is 10. The van der Waals surface area contributed by atoms with Crippen LogP contribution in [0.25, 0.3) is 0 Å². The molecule has 2 rings (SSSR count). The van der Waals surface area contributed by atoms with Gasteiger partial charge in [0.25, 0.3) is 0 Å². The van der Waals surface area contributed by atoms with Crippen molar-refractivity contribution in [2.24, 2.45) is 5.73 Å². The van der Waals surface area contributed by atoms with E-state index in [9.17, 15) is 24.6 Å². The molecule has 2 heterocycles. The molecule has 0 bridgehead atoms. The molecule has 0 radical (unpaired) electrons. The Morgan fingerprint density at radius 3 is 2.11 bits per heavy atom. The van der Waals surface area contributed by atoms with Gasteiger partial charge in [-0.25, -0.2) is 14.8 Å². The van der Waals surface area contributed by atoms with Crippen molar-refractivity contribution < 1.29 is 24.6 Å². The Kier molecular flexibility index (Phi) is 7.23. The summed E-state index contributed by atoms with van der Waals surface area (Å²) in [7, 11) is 0. The summed E-state index contributed by atoms with van der Waals surface area (Å²) < 4.78 is 0. The van der Waals surface area contributed by atoms with E-state index in [1.807, 2.05) is 0 Å². The predicted octanol–water partition coefficient (Wildman–Crippen LogP) is -2.32. The number of aliphatic carboxylic acids is 1. The SMILES string of the molecule is CC(O)C(NC(=O)C(N)Cc1cnc[nH]1)C(=O)NC(Cc1cnc[nH]1)C(=O)O. The van der Waals surface area contributed by atoms with Crippen LogP contribution in [0.2, 0.25) is 0 Å². The summed E-state index contributed by atoms with van der Waals surface area (Å²) in [5, 5.41) is 23.9. The van der Waals surface area contributed by atoms with Crippen LogP contribution in [-0.4, -0.2) is 72.2 Å². The quantitative estimate of drug-likeness (QED) is 0.233. The van der Waals surface area contributed by atoms with Gasteiger partial charge in [0.1, 0.15) is 12.1 Å². The first-order valence-electron chi connectivity index (χ1n) is 8.49. The van der Waals surface area contributed by atoms with Gasteiger partial charge in [-0.05, 0) is 6.92 Å². The number of carboxylic acids is 1. The van der Waals surface area contributed by atoms with Crippen molar-refractivity contribution in [1.82, 2.24) is 30.6 Å². The predicted molar refractivity (Wildman–Crippen MR) is 95.7 cm³/mol. The lowest BCUT2D eigenvalue weighted by molar-refractivity contribution is -0.142. The Hall–Kier alpha value is -3.25. The zero-order valence-corrected chi connectivity index (χ0v) is 15.1. The van der Waals surface area contributed by atoms with Crippen molar-refractivity contribution in [3.63, 3.8) is 0 Å². The number of aliphatic hydroxyl groups excluding tert-OH is 1. The van der Waals surface area contributed by atoms with Gasteiger partial charge in [-0.2, -0.15) is 0 Å². The summed E-state index contributed by atoms with van der Waals surface area (Å²) in [5.74, 6) is -2.78. The first-order valence-corrected chi connectivity index (χ1v) is 8.49. The zero-order valence-electron chi connectivity index (χ0n) is 15.1. The molecule has 0 aliphatic carbocycles. The highest BCUT2D eigenvalue weighted by atomic mass is 16.4. The molecule has 4 atom stereocenters. The van der Waals surface area contributed by atoms with Gasteiger partial charge in [-0.1, -0.05) is 0 Å². The average molecular weight is 393 g/mol. The van der Waals surface area contributed by atoms with Crippen molar-refractivity contribution in [3.05, 3.63) is 36.4 Å². The molecule has 0 fully saturated rings. The number of nitrogens with zero attached hydrogens (tertiary/aromatic N) is 2. The molecule has 2 aromatic heterocycles. The number of carbonyl (C=O) groups excluding carboxylic acids is 2. The Morgan fingerprint density at radius 2 is 1.64 bits per heavy atom. The van der Waals surface area contributed by atoms with E-state index in [0.717, 1.165) is 0 Å². The van der Waals surface area contributed by atoms with Crippen LogP contribution >= 0.6 is 0 Å². The van der Waals surface area contributed by atoms with E-state index in [1.54, 1.807) is 0 Å². The standard InChI is InChI=1S/C16H23N7O5/c1-8(24)13(23-14(25)11(17)2-9-4-18-6-20-9)15(26)22-12(16(27)28)3-10-5-19-7-21-10/h4-8,11-13,24H,2-3,17H2,1H3,(H,18,20)(H,19,21)(H,22,26)(H,23,25)(H,27,28). The number of H-pyrrole nitrogens is 2. The lowest BCUT2D eigenvalue weighted by Gasteiger charge is -2.24. The minimum atomic E-state index is -1.37. The Balaban J connectivity index is 1.99. The van der Waals surface area contributed by atoms with Crippen LogP contribution in [0.5, 0.6) is 0 Å². The van der Waals surface area contributed by atoms with Gasteiger partial charge in [-0.15, -0.1) is 0 Å². The molecule has 0 saturated carbocycles. The second kappa shape index (κ2) is 9.62. The van der Waals surface area contributed by atoms with Gasteiger partial charge in [0.05, 0.1) is 24.8 Å². The highest BCUT2D eigenvalue weighted by molar-refractivity contribution is 5.92. The number of aromatic nitrogens is 4. The van der Waals surface area contributed by atoms with E-state index in [-0.39, 0.29) is 12.8 Å². The molecule has 28 heavy (non-hydrogen) atoms. The normalized spacial score (nSPS) is 15.2. The van der Waals surface area contributed by atoms with Crippen molar-refractivity contribution in [3.8, 4) is 0 Å². The number of nitrogens with one attached hydrogen (secondary N) is 4. The van der Waals surface area contributed by atoms with Crippen molar-refractivity contribution >= 4 is 17.8 Å². The molecular weight excluding hydrogens is 370 g/mol. The van der Waals surface area contributed by atoms with E-state index in [0.29, 0.717) is 11.4 Å². The van der Waals surface area contributed by atoms with Crippen LogP contribution in [0.4, 0.5) is 0 Å². The molecule has 8 N–H and O–H groups in total. The van der Waals surface area contributed by atoms with E-state index in [1.165, 1.54) is 32.0 Å². The monoisotopic (exact) mass is 393 g/mol. The van der Waals surface area contributed by atoms with Gasteiger partial charge in [0.2, 0.25) is 11.8 Å². The average Bonchev–Trinajstić information content (AvgIpc) is 3.32. The minimum Gasteiger partial charge on any atom is -0.480 e. The number of carboxylic acid groups (broad SMARTS) is 1. The Bertz CT molecular complexity index is 775. The molecule has 2 amide bonds. The van der Waals surface area contributed by atoms with Crippen molar-refractivity contribution in [1.29, 1.82) is 0 Å². The minimum absolute atomic E-state index is 0.0408. The van der Waals surface area contributed by atoms with Crippen LogP contribution < -0.4 is 16.4 Å². The molecule has 0 aromatic carbocycles. The molecule has 12 nitrogen and oxygen atoms in total. The number of amides is 2. The smallest absolute Gasteiger partial charge is 0.326 e. The van der Waals surface area contributed by atoms with E-state index in [2.05, 4.69) is 30.6 Å². The maximum absolute atomic E-state index is 12.5. The summed E-state index contributed by atoms with van der Waals surface area (Å²) >= 11 is 0. The van der Waals surface area contributed by atoms with Gasteiger partial charge >= 0.3 is 5.97 Å². The molecule has 0 aliphatic heterocycles. The highest BCUT2D eigenvalue weighted by Crippen LogP contribution is 2.03. The molecule has 152 valence electrons. The number of hydrogen-bond donors (Lipinski definition) is 7. The molecule has 4 unspecified atom stereocenters. The van der Waals surface area contributed by atoms with Crippen molar-refractivity contribution in [2.45, 2.75) is 44.0 Å². The van der Waals surface area contributed by atoms with Crippen LogP contribution in [0.15, 0.2) is 25.0 Å². The number of hydrogen-bond acceptors (Lipinski definition) is 7. The number of carbonyl (C=O) groups is 3. The van der Waals surface area contributed by atoms with Crippen LogP contribution in [-0.2, 0) is 27.2 Å². The lowest BCUT2D eigenvalue weighted by atomic mass is 10.1. The topological polar surface area (TPSA) is 199 Å². The van der Waals surface area contributed by atoms with E-state index < -0.39 is 42.0 Å². The van der Waals surface area contributed by atoms with Gasteiger partial charge < -0.3 is 36.5 Å². The van der Waals surface area contributed by atoms with E-state index in [4.69, 9.17) is 5.73 Å². The zero-order chi connectivity index (χ0) is 20.7. The second-order valence-electron chi connectivity index (χ2n) is 6.29. The fraction of sp³-hybridized carbons (Fsp3) is 0.438. The maximum atomic E-state index is 12.5. The number of aliphatic hydroxyl groups is 1. The largest absolute Gasteiger partial charge is 0.480 e. The molecule has 0 spiro atoms. The third kappa shape index (κ3) is 5.89. The fourth-order valence-corrected chi connectivity index (χ4v) is 2.47. The third-order valence-corrected chi connectivity index (χ3v) is 3.99. The fourth-order valence-electron chi connectivity index (χ4n) is 2.47. The van der Waals surface area contributed by atoms with Gasteiger partial charge in [0, 0.05) is 36.6 Å². The summed E-state index contributed by atoms with van der Waals surface area (Å²) in [6.45, 7) is 1.30. The Morgan fingerprint density at radius 1 is 1.07 bits per heavy atom. The maximum Gasteiger partial charge on any atom is 0.326 e. The summed E-state index contributed by atoms with van der Waals surface area (Å²) in [4.78, 5) is 49.3. The van der Waals surface area contributed by atoms with E-state index >= 15 is 0 Å². The Labute approximate surface area is 160 Å². The molecular formula is C16H23N7O5. The third-order valence-electron chi connectivity index (χ3n) is 3.99.